The molecule has 1 aromatic carbocycles. The van der Waals surface area contributed by atoms with Crippen LogP contribution < -0.4 is 5.11 Å². The molecule has 0 bridgehead atoms. The fourth-order valence-electron chi connectivity index (χ4n) is 1.88. The van der Waals surface area contributed by atoms with Gasteiger partial charge in [0.05, 0.1) is 27.1 Å². The number of likely N-dealkylation sites (N-methyl/N-ethyl adjacent to an activating group) is 1. The normalized spacial score (nSPS) is 15.3. The summed E-state index contributed by atoms with van der Waals surface area (Å²) < 4.78 is 2.08. The predicted molar refractivity (Wildman–Crippen MR) is 89.1 cm³/mol. The van der Waals surface area contributed by atoms with Crippen molar-refractivity contribution in [1.29, 1.82) is 0 Å². The van der Waals surface area contributed by atoms with Crippen molar-refractivity contribution in [3.05, 3.63) is 59.8 Å². The van der Waals surface area contributed by atoms with E-state index < -0.39 is 5.97 Å². The molecule has 1 heterocycles. The van der Waals surface area contributed by atoms with E-state index in [1.165, 1.54) is 5.57 Å². The van der Waals surface area contributed by atoms with Crippen LogP contribution in [0.5, 0.6) is 0 Å². The van der Waals surface area contributed by atoms with Crippen molar-refractivity contribution in [1.82, 2.24) is 0 Å². The number of hydrogen-bond acceptors (Lipinski definition) is 3. The van der Waals surface area contributed by atoms with Gasteiger partial charge in [-0.05, 0) is 24.6 Å². The smallest absolute Gasteiger partial charge is 0.339 e. The number of carboxylic acid groups (broad SMARTS) is 1. The first kappa shape index (κ1) is 19.4. The lowest BCUT2D eigenvalue weighted by molar-refractivity contribution is -0.864. The van der Waals surface area contributed by atoms with E-state index in [-0.39, 0.29) is 12.5 Å². The number of carbonyl (C=O) groups excluding carboxylic acids is 2. The van der Waals surface area contributed by atoms with Crippen LogP contribution in [-0.4, -0.2) is 55.3 Å². The van der Waals surface area contributed by atoms with Gasteiger partial charge in [-0.15, -0.1) is 0 Å². The highest BCUT2D eigenvalue weighted by Gasteiger charge is 2.13. The molecule has 0 spiro atoms. The largest absolute Gasteiger partial charge is 0.544 e. The molecule has 0 aliphatic carbocycles. The van der Waals surface area contributed by atoms with Gasteiger partial charge in [-0.25, -0.2) is 0 Å². The van der Waals surface area contributed by atoms with Crippen LogP contribution >= 0.6 is 0 Å². The molecule has 0 aromatic heterocycles. The minimum atomic E-state index is -1.00. The summed E-state index contributed by atoms with van der Waals surface area (Å²) in [6.07, 6.45) is 5.70. The highest BCUT2D eigenvalue weighted by molar-refractivity contribution is 5.94. The van der Waals surface area contributed by atoms with Crippen molar-refractivity contribution in [3.8, 4) is 0 Å². The average Bonchev–Trinajstić information content (AvgIpc) is 2.46. The quantitative estimate of drug-likeness (QED) is 0.618. The molecule has 24 heavy (non-hydrogen) atoms. The molecule has 0 fully saturated rings. The van der Waals surface area contributed by atoms with Gasteiger partial charge in [0.25, 0.3) is 0 Å². The lowest BCUT2D eigenvalue weighted by atomic mass is 10.2. The van der Waals surface area contributed by atoms with E-state index in [4.69, 9.17) is 0 Å². The minimum Gasteiger partial charge on any atom is -0.544 e. The van der Waals surface area contributed by atoms with E-state index in [0.717, 1.165) is 0 Å². The van der Waals surface area contributed by atoms with Crippen LogP contribution in [0.4, 0.5) is 0 Å². The molecule has 6 heteroatoms. The van der Waals surface area contributed by atoms with Gasteiger partial charge in [0.1, 0.15) is 6.54 Å². The Morgan fingerprint density at radius 2 is 1.83 bits per heavy atom. The number of carbonyl (C=O) groups is 2. The number of rotatable bonds is 3. The van der Waals surface area contributed by atoms with Crippen LogP contribution in [0.25, 0.3) is 0 Å². The van der Waals surface area contributed by atoms with Gasteiger partial charge in [0.2, 0.25) is 0 Å². The van der Waals surface area contributed by atoms with Crippen LogP contribution in [0.15, 0.2) is 59.4 Å². The molecule has 1 amide bonds. The van der Waals surface area contributed by atoms with Gasteiger partial charge < -0.3 is 14.4 Å². The summed E-state index contributed by atoms with van der Waals surface area (Å²) in [5.41, 5.74) is 1.80. The number of amides is 1. The van der Waals surface area contributed by atoms with Gasteiger partial charge >= 0.3 is 5.91 Å². The Bertz CT molecular complexity index is 668. The number of hydrogen-bond donors (Lipinski definition) is 0. The van der Waals surface area contributed by atoms with Crippen molar-refractivity contribution in [2.75, 3.05) is 34.2 Å². The molecule has 1 aliphatic heterocycles. The second-order valence-corrected chi connectivity index (χ2v) is 6.54. The van der Waals surface area contributed by atoms with Gasteiger partial charge in [0, 0.05) is 16.8 Å². The molecule has 0 saturated carbocycles. The van der Waals surface area contributed by atoms with E-state index in [0.29, 0.717) is 16.6 Å². The zero-order chi connectivity index (χ0) is 18.2. The highest BCUT2D eigenvalue weighted by atomic mass is 16.4. The Morgan fingerprint density at radius 3 is 2.29 bits per heavy atom. The van der Waals surface area contributed by atoms with E-state index in [9.17, 15) is 14.7 Å². The van der Waals surface area contributed by atoms with Crippen molar-refractivity contribution in [3.63, 3.8) is 0 Å². The summed E-state index contributed by atoms with van der Waals surface area (Å²) in [4.78, 5) is 21.6. The van der Waals surface area contributed by atoms with E-state index in [2.05, 4.69) is 5.11 Å². The molecule has 1 aromatic rings. The second-order valence-electron chi connectivity index (χ2n) is 6.54. The Kier molecular flexibility index (Phi) is 7.20. The standard InChI is InChI=1S/C13H13N2O.C5H11NO2/c1-11-6-5-9-15(10-11)14-13(16)12-7-3-2-4-8-12;1-6(2,3)4-5(7)8/h2-9H,10H2,1H3;4H2,1-3H3/q+1;. The summed E-state index contributed by atoms with van der Waals surface area (Å²) in [6, 6.07) is 9.08. The van der Waals surface area contributed by atoms with Gasteiger partial charge in [-0.1, -0.05) is 29.0 Å². The van der Waals surface area contributed by atoms with Crippen LogP contribution in [-0.2, 0) is 4.79 Å². The van der Waals surface area contributed by atoms with Gasteiger partial charge in [-0.2, -0.15) is 0 Å². The first-order valence-corrected chi connectivity index (χ1v) is 7.59. The average molecular weight is 330 g/mol. The van der Waals surface area contributed by atoms with E-state index in [1.54, 1.807) is 44.2 Å². The molecular weight excluding hydrogens is 306 g/mol. The third-order valence-electron chi connectivity index (χ3n) is 2.89. The Hall–Kier alpha value is -2.60. The molecule has 0 unspecified atom stereocenters. The maximum atomic E-state index is 11.8. The molecule has 0 atom stereocenters. The molecule has 1 aliphatic rings. The summed E-state index contributed by atoms with van der Waals surface area (Å²) >= 11 is 0. The number of aliphatic carboxylic acids is 1. The molecule has 6 nitrogen and oxygen atoms in total. The van der Waals surface area contributed by atoms with Crippen LogP contribution in [0, 0.1) is 0 Å². The molecule has 0 radical (unpaired) electrons. The molecular formula is C18H24N3O3+. The number of azo groups is 2. The Labute approximate surface area is 142 Å². The summed E-state index contributed by atoms with van der Waals surface area (Å²) in [7, 11) is 5.40. The zero-order valence-corrected chi connectivity index (χ0v) is 14.6. The van der Waals surface area contributed by atoms with Gasteiger partial charge in [0.15, 0.2) is 12.7 Å². The fourth-order valence-corrected chi connectivity index (χ4v) is 1.88. The minimum absolute atomic E-state index is 0.0694. The number of carboxylic acids is 1. The number of quaternary nitrogens is 1. The van der Waals surface area contributed by atoms with Crippen molar-refractivity contribution >= 4 is 11.9 Å². The number of allylic oxidation sites excluding steroid dienone is 2. The van der Waals surface area contributed by atoms with E-state index in [1.807, 2.05) is 37.3 Å². The maximum absolute atomic E-state index is 11.8. The highest BCUT2D eigenvalue weighted by Crippen LogP contribution is 2.05. The Morgan fingerprint density at radius 1 is 1.21 bits per heavy atom. The monoisotopic (exact) mass is 330 g/mol. The summed E-state index contributed by atoms with van der Waals surface area (Å²) in [6.45, 7) is 2.76. The molecule has 0 N–H and O–H groups in total. The predicted octanol–water partition coefficient (Wildman–Crippen LogP) is 1.21. The topological polar surface area (TPSA) is 72.6 Å². The first-order chi connectivity index (χ1) is 11.2. The fraction of sp³-hybridized carbons (Fsp3) is 0.333. The lowest BCUT2D eigenvalue weighted by Gasteiger charge is -2.23. The first-order valence-electron chi connectivity index (χ1n) is 7.59. The SMILES string of the molecule is CC1=CC=C[N+](=NC(=O)c2ccccc2)C1.C[N+](C)(C)CC(=O)[O-]. The molecule has 128 valence electrons. The van der Waals surface area contributed by atoms with Crippen molar-refractivity contribution in [2.45, 2.75) is 6.92 Å². The molecule has 2 rings (SSSR count). The van der Waals surface area contributed by atoms with Crippen molar-refractivity contribution < 1.29 is 23.9 Å². The Balaban J connectivity index is 0.000000307. The maximum Gasteiger partial charge on any atom is 0.339 e. The summed E-state index contributed by atoms with van der Waals surface area (Å²) in [5.74, 6) is -1.21. The zero-order valence-electron chi connectivity index (χ0n) is 14.6. The third-order valence-corrected chi connectivity index (χ3v) is 2.89. The molecule has 0 saturated heterocycles. The number of nitrogens with zero attached hydrogens (tertiary/aromatic N) is 3. The number of benzene rings is 1. The van der Waals surface area contributed by atoms with Crippen LogP contribution in [0.3, 0.4) is 0 Å². The van der Waals surface area contributed by atoms with E-state index >= 15 is 0 Å². The summed E-state index contributed by atoms with van der Waals surface area (Å²) in [5, 5.41) is 13.9. The second kappa shape index (κ2) is 8.88. The van der Waals surface area contributed by atoms with Crippen LogP contribution in [0.2, 0.25) is 0 Å². The lowest BCUT2D eigenvalue weighted by Crippen LogP contribution is -2.45. The third kappa shape index (κ3) is 8.14. The van der Waals surface area contributed by atoms with Crippen molar-refractivity contribution in [2.24, 2.45) is 5.11 Å². The van der Waals surface area contributed by atoms with Gasteiger partial charge in [-0.3, -0.25) is 4.79 Å². The van der Waals surface area contributed by atoms with Crippen LogP contribution in [0.1, 0.15) is 17.3 Å².